The van der Waals surface area contributed by atoms with Gasteiger partial charge in [0.05, 0.1) is 0 Å². The molecule has 1 nitrogen and oxygen atoms in total. The highest BCUT2D eigenvalue weighted by atomic mass is 79.9. The van der Waals surface area contributed by atoms with Crippen molar-refractivity contribution < 1.29 is 4.79 Å². The summed E-state index contributed by atoms with van der Waals surface area (Å²) in [7, 11) is 0. The van der Waals surface area contributed by atoms with Gasteiger partial charge in [-0.1, -0.05) is 22.9 Å². The van der Waals surface area contributed by atoms with Gasteiger partial charge in [0.15, 0.2) is 5.78 Å². The van der Waals surface area contributed by atoms with E-state index in [1.165, 1.54) is 11.1 Å². The number of halogens is 1. The first kappa shape index (κ1) is 11.4. The average Bonchev–Trinajstić information content (AvgIpc) is 2.11. The van der Waals surface area contributed by atoms with Gasteiger partial charge in [-0.2, -0.15) is 0 Å². The summed E-state index contributed by atoms with van der Waals surface area (Å²) in [5.41, 5.74) is 3.20. The van der Waals surface area contributed by atoms with Crippen LogP contribution in [0.2, 0.25) is 0 Å². The zero-order valence-electron chi connectivity index (χ0n) is 8.86. The summed E-state index contributed by atoms with van der Waals surface area (Å²) in [6.07, 6.45) is 1.53. The van der Waals surface area contributed by atoms with Crippen LogP contribution in [0.15, 0.2) is 16.6 Å². The van der Waals surface area contributed by atoms with Gasteiger partial charge in [-0.15, -0.1) is 0 Å². The van der Waals surface area contributed by atoms with Crippen molar-refractivity contribution in [2.45, 2.75) is 33.6 Å². The molecule has 0 heterocycles. The zero-order chi connectivity index (χ0) is 10.7. The van der Waals surface area contributed by atoms with Crippen LogP contribution in [0.4, 0.5) is 0 Å². The fraction of sp³-hybridized carbons (Fsp3) is 0.417. The second-order valence-corrected chi connectivity index (χ2v) is 4.44. The molecule has 0 spiro atoms. The van der Waals surface area contributed by atoms with Crippen LogP contribution in [-0.4, -0.2) is 5.78 Å². The minimum absolute atomic E-state index is 0.225. The maximum absolute atomic E-state index is 11.7. The van der Waals surface area contributed by atoms with Gasteiger partial charge < -0.3 is 0 Å². The first-order valence-electron chi connectivity index (χ1n) is 4.86. The van der Waals surface area contributed by atoms with Crippen molar-refractivity contribution >= 4 is 21.7 Å². The molecule has 1 aromatic carbocycles. The van der Waals surface area contributed by atoms with Crippen molar-refractivity contribution in [3.05, 3.63) is 33.3 Å². The molecule has 0 aromatic heterocycles. The lowest BCUT2D eigenvalue weighted by molar-refractivity contribution is 0.0981. The van der Waals surface area contributed by atoms with Crippen molar-refractivity contribution in [2.75, 3.05) is 0 Å². The Morgan fingerprint density at radius 1 is 1.29 bits per heavy atom. The Balaban J connectivity index is 3.09. The van der Waals surface area contributed by atoms with Crippen molar-refractivity contribution in [2.24, 2.45) is 0 Å². The number of Topliss-reactive ketones (excluding diaryl/α,β-unsaturated/α-hetero) is 1. The SMILES string of the molecule is CCCC(=O)c1cc(C)c(C)cc1Br. The maximum Gasteiger partial charge on any atom is 0.164 e. The van der Waals surface area contributed by atoms with Crippen LogP contribution >= 0.6 is 15.9 Å². The summed E-state index contributed by atoms with van der Waals surface area (Å²) < 4.78 is 0.916. The molecule has 76 valence electrons. The molecule has 0 aliphatic heterocycles. The average molecular weight is 255 g/mol. The van der Waals surface area contributed by atoms with E-state index in [0.29, 0.717) is 6.42 Å². The molecular formula is C12H15BrO. The monoisotopic (exact) mass is 254 g/mol. The molecule has 14 heavy (non-hydrogen) atoms. The molecule has 0 aliphatic rings. The summed E-state index contributed by atoms with van der Waals surface area (Å²) in [5, 5.41) is 0. The summed E-state index contributed by atoms with van der Waals surface area (Å²) in [4.78, 5) is 11.7. The number of benzene rings is 1. The third kappa shape index (κ3) is 2.44. The van der Waals surface area contributed by atoms with E-state index < -0.39 is 0 Å². The number of rotatable bonds is 3. The van der Waals surface area contributed by atoms with Crippen LogP contribution in [0.5, 0.6) is 0 Å². The second kappa shape index (κ2) is 4.74. The highest BCUT2D eigenvalue weighted by Gasteiger charge is 2.10. The van der Waals surface area contributed by atoms with E-state index in [1.54, 1.807) is 0 Å². The normalized spacial score (nSPS) is 10.3. The first-order valence-corrected chi connectivity index (χ1v) is 5.65. The van der Waals surface area contributed by atoms with Crippen molar-refractivity contribution in [3.63, 3.8) is 0 Å². The van der Waals surface area contributed by atoms with Crippen LogP contribution in [-0.2, 0) is 0 Å². The van der Waals surface area contributed by atoms with Gasteiger partial charge in [-0.3, -0.25) is 4.79 Å². The Morgan fingerprint density at radius 2 is 1.86 bits per heavy atom. The fourth-order valence-corrected chi connectivity index (χ4v) is 2.04. The molecule has 0 saturated carbocycles. The summed E-state index contributed by atoms with van der Waals surface area (Å²) >= 11 is 3.43. The molecule has 0 unspecified atom stereocenters. The summed E-state index contributed by atoms with van der Waals surface area (Å²) in [5.74, 6) is 0.225. The van der Waals surface area contributed by atoms with E-state index in [0.717, 1.165) is 16.5 Å². The Labute approximate surface area is 93.7 Å². The highest BCUT2D eigenvalue weighted by Crippen LogP contribution is 2.22. The lowest BCUT2D eigenvalue weighted by Crippen LogP contribution is -2.00. The van der Waals surface area contributed by atoms with Gasteiger partial charge in [0, 0.05) is 16.5 Å². The van der Waals surface area contributed by atoms with E-state index in [-0.39, 0.29) is 5.78 Å². The number of carbonyl (C=O) groups excluding carboxylic acids is 1. The van der Waals surface area contributed by atoms with Crippen LogP contribution in [0.25, 0.3) is 0 Å². The lowest BCUT2D eigenvalue weighted by Gasteiger charge is -2.06. The van der Waals surface area contributed by atoms with Crippen LogP contribution in [0.1, 0.15) is 41.3 Å². The van der Waals surface area contributed by atoms with Gasteiger partial charge in [0.2, 0.25) is 0 Å². The van der Waals surface area contributed by atoms with E-state index in [4.69, 9.17) is 0 Å². The minimum atomic E-state index is 0.225. The highest BCUT2D eigenvalue weighted by molar-refractivity contribution is 9.10. The van der Waals surface area contributed by atoms with Gasteiger partial charge in [0.25, 0.3) is 0 Å². The second-order valence-electron chi connectivity index (χ2n) is 3.59. The topological polar surface area (TPSA) is 17.1 Å². The number of ketones is 1. The summed E-state index contributed by atoms with van der Waals surface area (Å²) in [6, 6.07) is 3.98. The molecule has 0 amide bonds. The molecule has 1 aromatic rings. The lowest BCUT2D eigenvalue weighted by atomic mass is 10.0. The standard InChI is InChI=1S/C12H15BrO/c1-4-5-12(14)10-6-8(2)9(3)7-11(10)13/h6-7H,4-5H2,1-3H3. The molecule has 0 saturated heterocycles. The molecule has 1 rings (SSSR count). The van der Waals surface area contributed by atoms with E-state index in [9.17, 15) is 4.79 Å². The maximum atomic E-state index is 11.7. The largest absolute Gasteiger partial charge is 0.294 e. The predicted molar refractivity (Wildman–Crippen MR) is 62.9 cm³/mol. The van der Waals surface area contributed by atoms with E-state index in [1.807, 2.05) is 32.9 Å². The molecule has 0 atom stereocenters. The van der Waals surface area contributed by atoms with Crippen LogP contribution in [0, 0.1) is 13.8 Å². The molecular weight excluding hydrogens is 240 g/mol. The van der Waals surface area contributed by atoms with E-state index >= 15 is 0 Å². The van der Waals surface area contributed by atoms with Gasteiger partial charge in [0.1, 0.15) is 0 Å². The smallest absolute Gasteiger partial charge is 0.164 e. The quantitative estimate of drug-likeness (QED) is 0.744. The molecule has 0 radical (unpaired) electrons. The Morgan fingerprint density at radius 3 is 2.43 bits per heavy atom. The Hall–Kier alpha value is -0.630. The molecule has 2 heteroatoms. The fourth-order valence-electron chi connectivity index (χ4n) is 1.36. The minimum Gasteiger partial charge on any atom is -0.294 e. The molecule has 0 aliphatic carbocycles. The third-order valence-electron chi connectivity index (χ3n) is 2.36. The number of carbonyl (C=O) groups is 1. The predicted octanol–water partition coefficient (Wildman–Crippen LogP) is 4.05. The molecule has 0 fully saturated rings. The third-order valence-corrected chi connectivity index (χ3v) is 3.02. The zero-order valence-corrected chi connectivity index (χ0v) is 10.4. The Kier molecular flexibility index (Phi) is 3.87. The molecule has 0 N–H and O–H groups in total. The number of hydrogen-bond acceptors (Lipinski definition) is 1. The summed E-state index contributed by atoms with van der Waals surface area (Å²) in [6.45, 7) is 6.10. The first-order chi connectivity index (χ1) is 6.56. The number of hydrogen-bond donors (Lipinski definition) is 0. The van der Waals surface area contributed by atoms with Crippen LogP contribution in [0.3, 0.4) is 0 Å². The van der Waals surface area contributed by atoms with Gasteiger partial charge in [-0.05, 0) is 43.5 Å². The number of aryl methyl sites for hydroxylation is 2. The van der Waals surface area contributed by atoms with Crippen molar-refractivity contribution in [1.82, 2.24) is 0 Å². The molecule has 0 bridgehead atoms. The van der Waals surface area contributed by atoms with Gasteiger partial charge in [-0.25, -0.2) is 0 Å². The van der Waals surface area contributed by atoms with E-state index in [2.05, 4.69) is 15.9 Å². The van der Waals surface area contributed by atoms with Crippen LogP contribution < -0.4 is 0 Å². The van der Waals surface area contributed by atoms with Crippen molar-refractivity contribution in [1.29, 1.82) is 0 Å². The Bertz CT molecular complexity index is 356. The van der Waals surface area contributed by atoms with Gasteiger partial charge >= 0.3 is 0 Å². The van der Waals surface area contributed by atoms with Crippen molar-refractivity contribution in [3.8, 4) is 0 Å².